The molecule has 4 aromatic carbocycles. The molecule has 5 rings (SSSR count). The SMILES string of the molecule is C[C@@H](/C=C/CC(=O)N(CCO)Cc1ccccc1)[C@]1(O)C(=O)N(c2ccccc2)c2ccc(N(C=O)c3ccccc3)cc21. The molecule has 0 saturated heterocycles. The van der Waals surface area contributed by atoms with Crippen LogP contribution < -0.4 is 9.80 Å². The van der Waals surface area contributed by atoms with Crippen LogP contribution in [0.25, 0.3) is 0 Å². The van der Waals surface area contributed by atoms with E-state index in [1.807, 2.05) is 66.7 Å². The van der Waals surface area contributed by atoms with Crippen molar-refractivity contribution in [1.29, 1.82) is 0 Å². The standard InChI is InChI=1S/C36H35N3O5/c1-27(12-11-19-34(42)37(22-23-40)25-28-13-5-2-6-14-28)36(44)32-24-31(38(26-41)29-15-7-3-8-16-29)20-21-33(32)39(35(36)43)30-17-9-4-10-18-30/h2-18,20-21,24,26-27,40,44H,19,22-23,25H2,1H3/b12-11+/t27-,36+/m0/s1. The Morgan fingerprint density at radius 1 is 0.909 bits per heavy atom. The largest absolute Gasteiger partial charge is 0.395 e. The molecule has 8 nitrogen and oxygen atoms in total. The number of aliphatic hydroxyl groups is 2. The molecular formula is C36H35N3O5. The number of hydrogen-bond acceptors (Lipinski definition) is 5. The van der Waals surface area contributed by atoms with E-state index in [1.165, 1.54) is 9.80 Å². The molecule has 1 aliphatic heterocycles. The van der Waals surface area contributed by atoms with Crippen LogP contribution in [0, 0.1) is 5.92 Å². The molecule has 3 amide bonds. The van der Waals surface area contributed by atoms with E-state index in [1.54, 1.807) is 66.4 Å². The quantitative estimate of drug-likeness (QED) is 0.169. The number of para-hydroxylation sites is 2. The first kappa shape index (κ1) is 30.4. The Labute approximate surface area is 257 Å². The highest BCUT2D eigenvalue weighted by Gasteiger charge is 2.53. The van der Waals surface area contributed by atoms with Crippen LogP contribution in [0.2, 0.25) is 0 Å². The minimum absolute atomic E-state index is 0.0314. The van der Waals surface area contributed by atoms with Gasteiger partial charge in [-0.2, -0.15) is 0 Å². The molecule has 2 atom stereocenters. The summed E-state index contributed by atoms with van der Waals surface area (Å²) in [6.07, 6.45) is 4.06. The summed E-state index contributed by atoms with van der Waals surface area (Å²) in [5.41, 5.74) is 1.60. The Kier molecular flexibility index (Phi) is 9.33. The molecule has 8 heteroatoms. The van der Waals surface area contributed by atoms with Gasteiger partial charge in [0.05, 0.1) is 12.3 Å². The fourth-order valence-electron chi connectivity index (χ4n) is 5.56. The highest BCUT2D eigenvalue weighted by Crippen LogP contribution is 2.49. The molecule has 1 heterocycles. The number of fused-ring (bicyclic) bond motifs is 1. The van der Waals surface area contributed by atoms with Crippen molar-refractivity contribution in [3.05, 3.63) is 132 Å². The normalized spacial score (nSPS) is 16.5. The molecule has 4 aromatic rings. The van der Waals surface area contributed by atoms with Crippen LogP contribution in [0.1, 0.15) is 24.5 Å². The first-order chi connectivity index (χ1) is 21.4. The summed E-state index contributed by atoms with van der Waals surface area (Å²) >= 11 is 0. The minimum atomic E-state index is -1.97. The van der Waals surface area contributed by atoms with Crippen molar-refractivity contribution in [2.75, 3.05) is 23.0 Å². The van der Waals surface area contributed by atoms with Gasteiger partial charge in [0, 0.05) is 48.1 Å². The van der Waals surface area contributed by atoms with Crippen molar-refractivity contribution in [3.8, 4) is 0 Å². The summed E-state index contributed by atoms with van der Waals surface area (Å²) in [6, 6.07) is 32.9. The van der Waals surface area contributed by atoms with Crippen LogP contribution in [0.3, 0.4) is 0 Å². The second-order valence-corrected chi connectivity index (χ2v) is 10.7. The topological polar surface area (TPSA) is 101 Å². The van der Waals surface area contributed by atoms with Crippen molar-refractivity contribution in [2.24, 2.45) is 5.92 Å². The third-order valence-corrected chi connectivity index (χ3v) is 7.91. The Morgan fingerprint density at radius 3 is 2.18 bits per heavy atom. The van der Waals surface area contributed by atoms with Gasteiger partial charge in [0.1, 0.15) is 0 Å². The summed E-state index contributed by atoms with van der Waals surface area (Å²) in [7, 11) is 0. The number of rotatable bonds is 12. The Morgan fingerprint density at radius 2 is 1.55 bits per heavy atom. The van der Waals surface area contributed by atoms with E-state index in [4.69, 9.17) is 0 Å². The number of anilines is 4. The fraction of sp³-hybridized carbons (Fsp3) is 0.194. The van der Waals surface area contributed by atoms with Gasteiger partial charge < -0.3 is 15.1 Å². The Bertz CT molecular complexity index is 1630. The predicted octanol–water partition coefficient (Wildman–Crippen LogP) is 5.45. The number of nitrogens with zero attached hydrogens (tertiary/aromatic N) is 3. The molecule has 0 aliphatic carbocycles. The van der Waals surface area contributed by atoms with Gasteiger partial charge in [-0.25, -0.2) is 0 Å². The highest BCUT2D eigenvalue weighted by molar-refractivity contribution is 6.12. The molecule has 0 radical (unpaired) electrons. The first-order valence-electron chi connectivity index (χ1n) is 14.5. The fourth-order valence-corrected chi connectivity index (χ4v) is 5.56. The molecule has 0 spiro atoms. The third kappa shape index (κ3) is 6.04. The lowest BCUT2D eigenvalue weighted by Crippen LogP contribution is -2.42. The first-order valence-corrected chi connectivity index (χ1v) is 14.5. The Hall–Kier alpha value is -5.05. The number of carbonyl (C=O) groups is 3. The molecule has 1 aliphatic rings. The number of benzene rings is 4. The smallest absolute Gasteiger partial charge is 0.268 e. The number of hydrogen-bond donors (Lipinski definition) is 2. The summed E-state index contributed by atoms with van der Waals surface area (Å²) in [5.74, 6) is -1.44. The van der Waals surface area contributed by atoms with Gasteiger partial charge in [-0.15, -0.1) is 0 Å². The number of aliphatic hydroxyl groups excluding tert-OH is 1. The van der Waals surface area contributed by atoms with E-state index >= 15 is 0 Å². The second kappa shape index (κ2) is 13.5. The molecule has 0 unspecified atom stereocenters. The molecule has 0 saturated carbocycles. The zero-order valence-electron chi connectivity index (χ0n) is 24.5. The van der Waals surface area contributed by atoms with E-state index in [9.17, 15) is 24.6 Å². The maximum atomic E-state index is 14.1. The van der Waals surface area contributed by atoms with Gasteiger partial charge in [-0.1, -0.05) is 85.8 Å². The van der Waals surface area contributed by atoms with Crippen LogP contribution in [0.5, 0.6) is 0 Å². The van der Waals surface area contributed by atoms with Crippen molar-refractivity contribution < 1.29 is 24.6 Å². The molecular weight excluding hydrogens is 554 g/mol. The van der Waals surface area contributed by atoms with Crippen molar-refractivity contribution in [1.82, 2.24) is 4.90 Å². The van der Waals surface area contributed by atoms with Crippen molar-refractivity contribution in [3.63, 3.8) is 0 Å². The van der Waals surface area contributed by atoms with Crippen LogP contribution in [0.15, 0.2) is 121 Å². The summed E-state index contributed by atoms with van der Waals surface area (Å²) in [6.45, 7) is 2.12. The average molecular weight is 590 g/mol. The lowest BCUT2D eigenvalue weighted by Gasteiger charge is -2.28. The molecule has 0 fully saturated rings. The molecule has 2 N–H and O–H groups in total. The van der Waals surface area contributed by atoms with Gasteiger partial charge >= 0.3 is 0 Å². The van der Waals surface area contributed by atoms with E-state index in [-0.39, 0.29) is 25.5 Å². The van der Waals surface area contributed by atoms with Crippen molar-refractivity contribution >= 4 is 41.0 Å². The maximum Gasteiger partial charge on any atom is 0.268 e. The summed E-state index contributed by atoms with van der Waals surface area (Å²) < 4.78 is 0. The Balaban J connectivity index is 1.45. The van der Waals surface area contributed by atoms with Crippen LogP contribution in [-0.4, -0.2) is 46.5 Å². The lowest BCUT2D eigenvalue weighted by atomic mass is 9.82. The van der Waals surface area contributed by atoms with Crippen molar-refractivity contribution in [2.45, 2.75) is 25.5 Å². The van der Waals surface area contributed by atoms with Gasteiger partial charge in [0.25, 0.3) is 5.91 Å². The van der Waals surface area contributed by atoms with Gasteiger partial charge in [-0.3, -0.25) is 24.2 Å². The van der Waals surface area contributed by atoms with Gasteiger partial charge in [0.2, 0.25) is 12.3 Å². The van der Waals surface area contributed by atoms with E-state index in [2.05, 4.69) is 0 Å². The van der Waals surface area contributed by atoms with Gasteiger partial charge in [0.15, 0.2) is 5.60 Å². The van der Waals surface area contributed by atoms with E-state index < -0.39 is 17.4 Å². The summed E-state index contributed by atoms with van der Waals surface area (Å²) in [5, 5.41) is 21.8. The van der Waals surface area contributed by atoms with E-state index in [0.717, 1.165) is 5.56 Å². The number of amides is 3. The maximum absolute atomic E-state index is 14.1. The lowest BCUT2D eigenvalue weighted by molar-refractivity contribution is -0.138. The molecule has 0 bridgehead atoms. The zero-order chi connectivity index (χ0) is 31.1. The van der Waals surface area contributed by atoms with Gasteiger partial charge in [-0.05, 0) is 48.0 Å². The number of carbonyl (C=O) groups excluding carboxylic acids is 3. The van der Waals surface area contributed by atoms with Crippen LogP contribution >= 0.6 is 0 Å². The predicted molar refractivity (Wildman–Crippen MR) is 170 cm³/mol. The molecule has 0 aromatic heterocycles. The monoisotopic (exact) mass is 589 g/mol. The third-order valence-electron chi connectivity index (χ3n) is 7.91. The van der Waals surface area contributed by atoms with E-state index in [0.29, 0.717) is 41.3 Å². The summed E-state index contributed by atoms with van der Waals surface area (Å²) in [4.78, 5) is 43.9. The second-order valence-electron chi connectivity index (χ2n) is 10.7. The minimum Gasteiger partial charge on any atom is -0.395 e. The van der Waals surface area contributed by atoms with Crippen LogP contribution in [0.4, 0.5) is 22.7 Å². The van der Waals surface area contributed by atoms with Crippen LogP contribution in [-0.2, 0) is 26.5 Å². The molecule has 224 valence electrons. The zero-order valence-corrected chi connectivity index (χ0v) is 24.5. The average Bonchev–Trinajstić information content (AvgIpc) is 3.29. The molecule has 44 heavy (non-hydrogen) atoms. The highest BCUT2D eigenvalue weighted by atomic mass is 16.3.